The number of ether oxygens (including phenoxy) is 2. The van der Waals surface area contributed by atoms with E-state index in [4.69, 9.17) is 9.47 Å². The molecule has 8 nitrogen and oxygen atoms in total. The van der Waals surface area contributed by atoms with E-state index >= 15 is 0 Å². The van der Waals surface area contributed by atoms with Crippen molar-refractivity contribution in [3.05, 3.63) is 96.4 Å². The molecule has 0 heterocycles. The molecule has 0 saturated heterocycles. The zero-order chi connectivity index (χ0) is 23.8. The monoisotopic (exact) mass is 575 g/mol. The van der Waals surface area contributed by atoms with Crippen LogP contribution in [0.4, 0.5) is 5.69 Å². The van der Waals surface area contributed by atoms with Gasteiger partial charge in [0.25, 0.3) is 11.6 Å². The first kappa shape index (κ1) is 24.4. The topological polar surface area (TPSA) is 103 Å². The first-order valence-corrected chi connectivity index (χ1v) is 11.4. The lowest BCUT2D eigenvalue weighted by Gasteiger charge is -2.14. The van der Waals surface area contributed by atoms with Crippen LogP contribution < -0.4 is 14.9 Å². The highest BCUT2D eigenvalue weighted by molar-refractivity contribution is 9.10. The minimum absolute atomic E-state index is 0.0764. The number of hydrazone groups is 1. The molecule has 0 aromatic heterocycles. The standard InChI is InChI=1S/C23H19Br2N3O5/c1-2-32-21-12-16(11-19(25)22(21)33-14-15-7-9-17(24)10-8-15)13-26-27-23(29)18-5-3-4-6-20(18)28(30)31/h3-13H,2,14H2,1H3,(H,27,29)/b26-13-. The van der Waals surface area contributed by atoms with Gasteiger partial charge < -0.3 is 9.47 Å². The number of nitro groups is 1. The van der Waals surface area contributed by atoms with Crippen molar-refractivity contribution >= 4 is 49.7 Å². The molecule has 3 aromatic carbocycles. The molecule has 0 atom stereocenters. The second kappa shape index (κ2) is 11.6. The molecule has 1 amide bonds. The second-order valence-corrected chi connectivity index (χ2v) is 8.42. The van der Waals surface area contributed by atoms with Crippen molar-refractivity contribution in [1.82, 2.24) is 5.43 Å². The third kappa shape index (κ3) is 6.62. The van der Waals surface area contributed by atoms with Gasteiger partial charge in [0.1, 0.15) is 12.2 Å². The van der Waals surface area contributed by atoms with E-state index in [0.29, 0.717) is 34.7 Å². The number of benzene rings is 3. The highest BCUT2D eigenvalue weighted by Gasteiger charge is 2.18. The maximum Gasteiger partial charge on any atom is 0.282 e. The number of nitrogens with zero attached hydrogens (tertiary/aromatic N) is 2. The van der Waals surface area contributed by atoms with E-state index in [1.165, 1.54) is 24.4 Å². The molecule has 0 aliphatic carbocycles. The number of carbonyl (C=O) groups is 1. The van der Waals surface area contributed by atoms with Crippen LogP contribution in [0.25, 0.3) is 0 Å². The molecule has 0 fully saturated rings. The third-order valence-corrected chi connectivity index (χ3v) is 5.47. The lowest BCUT2D eigenvalue weighted by molar-refractivity contribution is -0.385. The van der Waals surface area contributed by atoms with E-state index in [1.54, 1.807) is 18.2 Å². The van der Waals surface area contributed by atoms with Crippen molar-refractivity contribution in [1.29, 1.82) is 0 Å². The molecule has 1 N–H and O–H groups in total. The van der Waals surface area contributed by atoms with E-state index in [-0.39, 0.29) is 11.3 Å². The van der Waals surface area contributed by atoms with Gasteiger partial charge in [-0.3, -0.25) is 14.9 Å². The number of rotatable bonds is 9. The molecule has 3 rings (SSSR count). The Labute approximate surface area is 207 Å². The summed E-state index contributed by atoms with van der Waals surface area (Å²) in [5.74, 6) is 0.369. The molecule has 0 unspecified atom stereocenters. The van der Waals surface area contributed by atoms with Gasteiger partial charge in [0.15, 0.2) is 11.5 Å². The summed E-state index contributed by atoms with van der Waals surface area (Å²) in [6.07, 6.45) is 1.42. The normalized spacial score (nSPS) is 10.8. The lowest BCUT2D eigenvalue weighted by Crippen LogP contribution is -2.19. The maximum atomic E-state index is 12.3. The van der Waals surface area contributed by atoms with Crippen LogP contribution in [0.3, 0.4) is 0 Å². The minimum Gasteiger partial charge on any atom is -0.490 e. The average molecular weight is 577 g/mol. The number of hydrogen-bond donors (Lipinski definition) is 1. The summed E-state index contributed by atoms with van der Waals surface area (Å²) >= 11 is 6.91. The van der Waals surface area contributed by atoms with Crippen molar-refractivity contribution in [2.75, 3.05) is 6.61 Å². The van der Waals surface area contributed by atoms with Crippen molar-refractivity contribution in [2.24, 2.45) is 5.10 Å². The van der Waals surface area contributed by atoms with Crippen LogP contribution in [0.2, 0.25) is 0 Å². The summed E-state index contributed by atoms with van der Waals surface area (Å²) in [7, 11) is 0. The molecule has 0 spiro atoms. The Hall–Kier alpha value is -3.24. The summed E-state index contributed by atoms with van der Waals surface area (Å²) in [6, 6.07) is 16.9. The molecule has 0 aliphatic rings. The highest BCUT2D eigenvalue weighted by Crippen LogP contribution is 2.37. The molecular weight excluding hydrogens is 558 g/mol. The summed E-state index contributed by atoms with van der Waals surface area (Å²) in [5.41, 5.74) is 3.57. The first-order chi connectivity index (χ1) is 15.9. The molecule has 0 radical (unpaired) electrons. The van der Waals surface area contributed by atoms with Crippen LogP contribution in [0.5, 0.6) is 11.5 Å². The second-order valence-electron chi connectivity index (χ2n) is 6.65. The van der Waals surface area contributed by atoms with Crippen molar-refractivity contribution in [2.45, 2.75) is 13.5 Å². The van der Waals surface area contributed by atoms with Gasteiger partial charge in [-0.05, 0) is 64.3 Å². The SMILES string of the molecule is CCOc1cc(/C=N\NC(=O)c2ccccc2[N+](=O)[O-])cc(Br)c1OCc1ccc(Br)cc1. The van der Waals surface area contributed by atoms with E-state index in [0.717, 1.165) is 10.0 Å². The molecule has 10 heteroatoms. The number of halogens is 2. The Morgan fingerprint density at radius 2 is 1.85 bits per heavy atom. The number of para-hydroxylation sites is 1. The van der Waals surface area contributed by atoms with Crippen LogP contribution in [0, 0.1) is 10.1 Å². The molecule has 3 aromatic rings. The Balaban J connectivity index is 1.74. The van der Waals surface area contributed by atoms with Crippen molar-refractivity contribution < 1.29 is 19.2 Å². The maximum absolute atomic E-state index is 12.3. The number of nitrogens with one attached hydrogen (secondary N) is 1. The quantitative estimate of drug-likeness (QED) is 0.195. The fraction of sp³-hybridized carbons (Fsp3) is 0.130. The molecule has 33 heavy (non-hydrogen) atoms. The average Bonchev–Trinajstić information content (AvgIpc) is 2.80. The van der Waals surface area contributed by atoms with Gasteiger partial charge in [0, 0.05) is 10.5 Å². The Morgan fingerprint density at radius 1 is 1.12 bits per heavy atom. The van der Waals surface area contributed by atoms with Crippen LogP contribution >= 0.6 is 31.9 Å². The van der Waals surface area contributed by atoms with Crippen molar-refractivity contribution in [3.8, 4) is 11.5 Å². The van der Waals surface area contributed by atoms with E-state index in [9.17, 15) is 14.9 Å². The van der Waals surface area contributed by atoms with E-state index in [1.807, 2.05) is 31.2 Å². The van der Waals surface area contributed by atoms with E-state index in [2.05, 4.69) is 42.4 Å². The van der Waals surface area contributed by atoms with Gasteiger partial charge in [-0.25, -0.2) is 5.43 Å². The minimum atomic E-state index is -0.683. The van der Waals surface area contributed by atoms with Crippen LogP contribution in [-0.2, 0) is 6.61 Å². The number of hydrogen-bond acceptors (Lipinski definition) is 6. The van der Waals surface area contributed by atoms with Crippen LogP contribution in [-0.4, -0.2) is 23.7 Å². The van der Waals surface area contributed by atoms with Gasteiger partial charge in [-0.15, -0.1) is 0 Å². The summed E-state index contributed by atoms with van der Waals surface area (Å²) in [4.78, 5) is 22.8. The largest absolute Gasteiger partial charge is 0.490 e. The smallest absolute Gasteiger partial charge is 0.282 e. The van der Waals surface area contributed by atoms with Gasteiger partial charge in [0.2, 0.25) is 0 Å². The summed E-state index contributed by atoms with van der Waals surface area (Å²) in [6.45, 7) is 2.64. The number of carbonyl (C=O) groups excluding carboxylic acids is 1. The predicted molar refractivity (Wildman–Crippen MR) is 132 cm³/mol. The summed E-state index contributed by atoms with van der Waals surface area (Å²) in [5, 5.41) is 15.0. The molecule has 0 bridgehead atoms. The number of amides is 1. The Kier molecular flexibility index (Phi) is 8.56. The molecule has 0 aliphatic heterocycles. The molecule has 0 saturated carbocycles. The Morgan fingerprint density at radius 3 is 2.55 bits per heavy atom. The van der Waals surface area contributed by atoms with E-state index < -0.39 is 10.8 Å². The van der Waals surface area contributed by atoms with Crippen LogP contribution in [0.15, 0.2) is 74.7 Å². The lowest BCUT2D eigenvalue weighted by atomic mass is 10.2. The molecular formula is C23H19Br2N3O5. The third-order valence-electron chi connectivity index (χ3n) is 4.35. The van der Waals surface area contributed by atoms with Gasteiger partial charge >= 0.3 is 0 Å². The number of nitro benzene ring substituents is 1. The predicted octanol–water partition coefficient (Wildman–Crippen LogP) is 5.86. The van der Waals surface area contributed by atoms with Crippen LogP contribution in [0.1, 0.15) is 28.4 Å². The van der Waals surface area contributed by atoms with Crippen molar-refractivity contribution in [3.63, 3.8) is 0 Å². The van der Waals surface area contributed by atoms with Gasteiger partial charge in [-0.1, -0.05) is 40.2 Å². The summed E-state index contributed by atoms with van der Waals surface area (Å²) < 4.78 is 13.3. The fourth-order valence-electron chi connectivity index (χ4n) is 2.85. The zero-order valence-corrected chi connectivity index (χ0v) is 20.6. The first-order valence-electron chi connectivity index (χ1n) is 9.79. The Bertz CT molecular complexity index is 1180. The molecule has 170 valence electrons. The zero-order valence-electron chi connectivity index (χ0n) is 17.5. The van der Waals surface area contributed by atoms with Gasteiger partial charge in [-0.2, -0.15) is 5.10 Å². The fourth-order valence-corrected chi connectivity index (χ4v) is 3.69. The van der Waals surface area contributed by atoms with Gasteiger partial charge in [0.05, 0.1) is 22.2 Å². The highest BCUT2D eigenvalue weighted by atomic mass is 79.9.